The third-order valence-corrected chi connectivity index (χ3v) is 4.65. The summed E-state index contributed by atoms with van der Waals surface area (Å²) in [5, 5.41) is 0. The van der Waals surface area contributed by atoms with Crippen LogP contribution in [-0.2, 0) is 4.57 Å². The molecule has 0 saturated heterocycles. The molecule has 0 aliphatic heterocycles. The van der Waals surface area contributed by atoms with Crippen LogP contribution in [0.25, 0.3) is 0 Å². The lowest BCUT2D eigenvalue weighted by atomic mass is 10.0. The lowest BCUT2D eigenvalue weighted by Crippen LogP contribution is -2.51. The Morgan fingerprint density at radius 2 is 1.00 bits per heavy atom. The molecule has 0 unspecified atom stereocenters. The van der Waals surface area contributed by atoms with Crippen LogP contribution in [-0.4, -0.2) is 34.0 Å². The Labute approximate surface area is 142 Å². The van der Waals surface area contributed by atoms with Crippen molar-refractivity contribution in [1.29, 1.82) is 0 Å². The van der Waals surface area contributed by atoms with E-state index < -0.39 is 38.5 Å². The largest absolute Gasteiger partial charge is 0.459 e. The Balaban J connectivity index is 3.72. The fourth-order valence-electron chi connectivity index (χ4n) is 2.27. The fraction of sp³-hybridized carbons (Fsp3) is 1.00. The predicted molar refractivity (Wildman–Crippen MR) is 79.0 cm³/mol. The molecule has 0 rings (SSSR count). The first-order chi connectivity index (χ1) is 11.2. The highest BCUT2D eigenvalue weighted by atomic mass is 31.2. The van der Waals surface area contributed by atoms with Gasteiger partial charge in [-0.3, -0.25) is 4.57 Å². The van der Waals surface area contributed by atoms with Gasteiger partial charge in [0.25, 0.3) is 0 Å². The third-order valence-electron chi connectivity index (χ3n) is 3.76. The molecule has 0 aliphatic carbocycles. The number of alkyl halides is 7. The molecule has 0 aromatic rings. The van der Waals surface area contributed by atoms with E-state index in [2.05, 4.69) is 0 Å². The molecule has 0 aromatic carbocycles. The minimum absolute atomic E-state index is 0.141. The van der Waals surface area contributed by atoms with E-state index in [-0.39, 0.29) is 12.6 Å². The zero-order chi connectivity index (χ0) is 19.8. The summed E-state index contributed by atoms with van der Waals surface area (Å²) in [6, 6.07) is 0. The van der Waals surface area contributed by atoms with Crippen molar-refractivity contribution >= 4 is 7.60 Å². The Kier molecular flexibility index (Phi) is 9.98. The Bertz CT molecular complexity index is 421. The number of rotatable bonds is 13. The van der Waals surface area contributed by atoms with E-state index in [1.165, 1.54) is 0 Å². The van der Waals surface area contributed by atoms with Gasteiger partial charge in [-0.15, -0.1) is 0 Å². The summed E-state index contributed by atoms with van der Waals surface area (Å²) in [7, 11) is -3.96. The molecular weight excluding hydrogens is 380 g/mol. The minimum Gasteiger partial charge on any atom is -0.324 e. The SMILES string of the molecule is O=P(O)(O)CCCCCCCCCCCC(F)(F)C(F)(F)C(F)(F)F. The summed E-state index contributed by atoms with van der Waals surface area (Å²) >= 11 is 0. The maximum Gasteiger partial charge on any atom is 0.459 e. The van der Waals surface area contributed by atoms with Crippen LogP contribution in [0.4, 0.5) is 30.7 Å². The summed E-state index contributed by atoms with van der Waals surface area (Å²) in [5.74, 6) is -11.1. The van der Waals surface area contributed by atoms with Gasteiger partial charge in [0, 0.05) is 12.6 Å². The van der Waals surface area contributed by atoms with Crippen molar-refractivity contribution < 1.29 is 45.1 Å². The van der Waals surface area contributed by atoms with Crippen LogP contribution >= 0.6 is 7.60 Å². The number of hydrogen-bond donors (Lipinski definition) is 2. The van der Waals surface area contributed by atoms with Crippen molar-refractivity contribution in [3.05, 3.63) is 0 Å². The van der Waals surface area contributed by atoms with Crippen LogP contribution in [0, 0.1) is 0 Å². The molecule has 2 N–H and O–H groups in total. The second-order valence-corrected chi connectivity index (χ2v) is 7.87. The summed E-state index contributed by atoms with van der Waals surface area (Å²) < 4.78 is 97.6. The predicted octanol–water partition coefficient (Wildman–Crippen LogP) is 5.90. The average molecular weight is 404 g/mol. The standard InChI is InChI=1S/C14H24F7O3P/c15-12(16,13(17,18)14(19,20)21)10-8-6-4-2-1-3-5-7-9-11-25(22,23)24/h1-11H2,(H2,22,23,24). The van der Waals surface area contributed by atoms with Crippen molar-refractivity contribution in [2.45, 2.75) is 82.2 Å². The first-order valence-corrected chi connectivity index (χ1v) is 9.87. The zero-order valence-corrected chi connectivity index (χ0v) is 14.6. The van der Waals surface area contributed by atoms with Gasteiger partial charge in [0.15, 0.2) is 0 Å². The number of unbranched alkanes of at least 4 members (excludes halogenated alkanes) is 8. The van der Waals surface area contributed by atoms with E-state index in [4.69, 9.17) is 9.79 Å². The van der Waals surface area contributed by atoms with Gasteiger partial charge in [0.2, 0.25) is 0 Å². The van der Waals surface area contributed by atoms with Gasteiger partial charge in [-0.1, -0.05) is 44.9 Å². The smallest absolute Gasteiger partial charge is 0.324 e. The van der Waals surface area contributed by atoms with Crippen LogP contribution < -0.4 is 0 Å². The summed E-state index contributed by atoms with van der Waals surface area (Å²) in [5.41, 5.74) is 0. The first kappa shape index (κ1) is 24.7. The lowest BCUT2D eigenvalue weighted by Gasteiger charge is -2.28. The number of hydrogen-bond acceptors (Lipinski definition) is 1. The summed E-state index contributed by atoms with van der Waals surface area (Å²) in [6.45, 7) is 0. The molecule has 0 aliphatic rings. The lowest BCUT2D eigenvalue weighted by molar-refractivity contribution is -0.355. The van der Waals surface area contributed by atoms with E-state index in [0.717, 1.165) is 19.3 Å². The molecular formula is C14H24F7O3P. The number of halogens is 7. The molecule has 0 aromatic heterocycles. The van der Waals surface area contributed by atoms with Gasteiger partial charge in [0.05, 0.1) is 0 Å². The van der Waals surface area contributed by atoms with E-state index in [0.29, 0.717) is 25.7 Å². The third kappa shape index (κ3) is 9.80. The van der Waals surface area contributed by atoms with Crippen molar-refractivity contribution in [1.82, 2.24) is 0 Å². The molecule has 0 radical (unpaired) electrons. The Morgan fingerprint density at radius 3 is 1.36 bits per heavy atom. The van der Waals surface area contributed by atoms with E-state index >= 15 is 0 Å². The van der Waals surface area contributed by atoms with Crippen LogP contribution in [0.3, 0.4) is 0 Å². The second-order valence-electron chi connectivity index (χ2n) is 6.10. The quantitative estimate of drug-likeness (QED) is 0.228. The van der Waals surface area contributed by atoms with Crippen LogP contribution in [0.5, 0.6) is 0 Å². The highest BCUT2D eigenvalue weighted by Gasteiger charge is 2.72. The van der Waals surface area contributed by atoms with Gasteiger partial charge in [-0.2, -0.15) is 30.7 Å². The molecule has 0 bridgehead atoms. The van der Waals surface area contributed by atoms with Crippen molar-refractivity contribution in [2.75, 3.05) is 6.16 Å². The fourth-order valence-corrected chi connectivity index (χ4v) is 2.90. The molecule has 0 saturated carbocycles. The summed E-state index contributed by atoms with van der Waals surface area (Å²) in [4.78, 5) is 17.3. The van der Waals surface area contributed by atoms with E-state index in [1.54, 1.807) is 0 Å². The van der Waals surface area contributed by atoms with Crippen LogP contribution in [0.15, 0.2) is 0 Å². The molecule has 25 heavy (non-hydrogen) atoms. The van der Waals surface area contributed by atoms with Crippen molar-refractivity contribution in [3.8, 4) is 0 Å². The van der Waals surface area contributed by atoms with Gasteiger partial charge in [-0.25, -0.2) is 0 Å². The topological polar surface area (TPSA) is 57.5 Å². The van der Waals surface area contributed by atoms with E-state index in [1.807, 2.05) is 0 Å². The van der Waals surface area contributed by atoms with E-state index in [9.17, 15) is 35.3 Å². The Morgan fingerprint density at radius 1 is 0.640 bits per heavy atom. The van der Waals surface area contributed by atoms with Gasteiger partial charge < -0.3 is 9.79 Å². The first-order valence-electron chi connectivity index (χ1n) is 8.08. The maximum atomic E-state index is 13.0. The molecule has 0 heterocycles. The highest BCUT2D eigenvalue weighted by molar-refractivity contribution is 7.51. The van der Waals surface area contributed by atoms with Crippen LogP contribution in [0.2, 0.25) is 0 Å². The van der Waals surface area contributed by atoms with Crippen LogP contribution in [0.1, 0.15) is 64.2 Å². The molecule has 0 spiro atoms. The molecule has 152 valence electrons. The highest BCUT2D eigenvalue weighted by Crippen LogP contribution is 2.48. The van der Waals surface area contributed by atoms with Crippen molar-refractivity contribution in [2.24, 2.45) is 0 Å². The monoisotopic (exact) mass is 404 g/mol. The maximum absolute atomic E-state index is 13.0. The average Bonchev–Trinajstić information content (AvgIpc) is 2.42. The molecule has 3 nitrogen and oxygen atoms in total. The molecule has 11 heteroatoms. The van der Waals surface area contributed by atoms with Gasteiger partial charge >= 0.3 is 25.6 Å². The molecule has 0 atom stereocenters. The normalized spacial score (nSPS) is 14.1. The zero-order valence-electron chi connectivity index (χ0n) is 13.7. The van der Waals surface area contributed by atoms with Gasteiger partial charge in [-0.05, 0) is 12.8 Å². The second kappa shape index (κ2) is 10.1. The molecule has 0 amide bonds. The summed E-state index contributed by atoms with van der Waals surface area (Å²) in [6.07, 6.45) is -3.78. The minimum atomic E-state index is -6.27. The van der Waals surface area contributed by atoms with Crippen molar-refractivity contribution in [3.63, 3.8) is 0 Å². The Hall–Kier alpha value is -0.340. The molecule has 0 fully saturated rings. The van der Waals surface area contributed by atoms with Gasteiger partial charge in [0.1, 0.15) is 0 Å².